The van der Waals surface area contributed by atoms with E-state index in [2.05, 4.69) is 20.8 Å². The van der Waals surface area contributed by atoms with Crippen molar-refractivity contribution in [1.29, 1.82) is 0 Å². The van der Waals surface area contributed by atoms with Crippen LogP contribution in [-0.2, 0) is 0 Å². The van der Waals surface area contributed by atoms with Gasteiger partial charge in [-0.2, -0.15) is 0 Å². The van der Waals surface area contributed by atoms with Crippen LogP contribution in [-0.4, -0.2) is 5.38 Å². The van der Waals surface area contributed by atoms with Crippen LogP contribution in [0.3, 0.4) is 0 Å². The summed E-state index contributed by atoms with van der Waals surface area (Å²) in [7, 11) is 0. The first kappa shape index (κ1) is 10.4. The number of halogens is 1. The zero-order valence-electron chi connectivity index (χ0n) is 8.57. The third kappa shape index (κ3) is 2.65. The van der Waals surface area contributed by atoms with Crippen LogP contribution < -0.4 is 0 Å². The second-order valence-electron chi connectivity index (χ2n) is 4.95. The van der Waals surface area contributed by atoms with E-state index >= 15 is 0 Å². The fourth-order valence-corrected chi connectivity index (χ4v) is 3.00. The zero-order chi connectivity index (χ0) is 9.19. The van der Waals surface area contributed by atoms with Gasteiger partial charge in [0.1, 0.15) is 0 Å². The van der Waals surface area contributed by atoms with E-state index in [0.29, 0.717) is 10.8 Å². The first-order valence-corrected chi connectivity index (χ1v) is 5.60. The highest BCUT2D eigenvalue weighted by atomic mass is 35.5. The summed E-state index contributed by atoms with van der Waals surface area (Å²) in [4.78, 5) is 0. The molecule has 0 spiro atoms. The number of rotatable bonds is 3. The molecule has 1 saturated carbocycles. The molecule has 0 N–H and O–H groups in total. The lowest BCUT2D eigenvalue weighted by molar-refractivity contribution is 0.199. The molecule has 0 heterocycles. The molecule has 0 aromatic carbocycles. The van der Waals surface area contributed by atoms with Gasteiger partial charge in [0.2, 0.25) is 0 Å². The van der Waals surface area contributed by atoms with E-state index in [4.69, 9.17) is 11.6 Å². The highest BCUT2D eigenvalue weighted by molar-refractivity contribution is 6.20. The lowest BCUT2D eigenvalue weighted by Crippen LogP contribution is -2.24. The fraction of sp³-hybridized carbons (Fsp3) is 1.00. The number of hydrogen-bond acceptors (Lipinski definition) is 0. The van der Waals surface area contributed by atoms with Crippen LogP contribution >= 0.6 is 11.6 Å². The first-order valence-electron chi connectivity index (χ1n) is 5.16. The van der Waals surface area contributed by atoms with Gasteiger partial charge in [-0.1, -0.05) is 26.7 Å². The van der Waals surface area contributed by atoms with E-state index in [0.717, 1.165) is 5.92 Å². The van der Waals surface area contributed by atoms with Gasteiger partial charge in [0.05, 0.1) is 0 Å². The Bertz CT molecular complexity index is 132. The van der Waals surface area contributed by atoms with Crippen molar-refractivity contribution in [2.24, 2.45) is 11.3 Å². The minimum Gasteiger partial charge on any atom is -0.123 e. The molecule has 0 aliphatic heterocycles. The molecule has 0 radical (unpaired) electrons. The van der Waals surface area contributed by atoms with Gasteiger partial charge in [-0.15, -0.1) is 11.6 Å². The predicted octanol–water partition coefficient (Wildman–Crippen LogP) is 4.22. The maximum atomic E-state index is 6.04. The maximum absolute atomic E-state index is 6.04. The van der Waals surface area contributed by atoms with Crippen molar-refractivity contribution < 1.29 is 0 Å². The zero-order valence-corrected chi connectivity index (χ0v) is 9.32. The van der Waals surface area contributed by atoms with E-state index in [-0.39, 0.29) is 0 Å². The van der Waals surface area contributed by atoms with Gasteiger partial charge in [0.25, 0.3) is 0 Å². The minimum absolute atomic E-state index is 0.334. The molecule has 1 aliphatic carbocycles. The van der Waals surface area contributed by atoms with Crippen LogP contribution in [0.5, 0.6) is 0 Å². The fourth-order valence-electron chi connectivity index (χ4n) is 2.60. The Morgan fingerprint density at radius 3 is 2.25 bits per heavy atom. The van der Waals surface area contributed by atoms with Crippen LogP contribution in [0.4, 0.5) is 0 Å². The molecule has 1 atom stereocenters. The maximum Gasteiger partial charge on any atom is 0.0313 e. The Balaban J connectivity index is 2.45. The summed E-state index contributed by atoms with van der Waals surface area (Å²) in [5, 5.41) is 0.334. The first-order chi connectivity index (χ1) is 5.52. The van der Waals surface area contributed by atoms with Crippen LogP contribution in [0.15, 0.2) is 0 Å². The molecule has 0 amide bonds. The predicted molar refractivity (Wildman–Crippen MR) is 55.7 cm³/mol. The second-order valence-corrected chi connectivity index (χ2v) is 5.70. The summed E-state index contributed by atoms with van der Waals surface area (Å²) in [6.07, 6.45) is 6.89. The summed E-state index contributed by atoms with van der Waals surface area (Å²) >= 11 is 6.04. The largest absolute Gasteiger partial charge is 0.123 e. The Morgan fingerprint density at radius 1 is 1.33 bits per heavy atom. The highest BCUT2D eigenvalue weighted by Crippen LogP contribution is 2.42. The van der Waals surface area contributed by atoms with E-state index in [9.17, 15) is 0 Å². The van der Waals surface area contributed by atoms with Gasteiger partial charge in [-0.05, 0) is 37.5 Å². The lowest BCUT2D eigenvalue weighted by Gasteiger charge is -2.32. The van der Waals surface area contributed by atoms with Crippen molar-refractivity contribution in [3.63, 3.8) is 0 Å². The number of hydrogen-bond donors (Lipinski definition) is 0. The minimum atomic E-state index is 0.334. The molecule has 0 aromatic rings. The van der Waals surface area contributed by atoms with Crippen molar-refractivity contribution >= 4 is 11.6 Å². The van der Waals surface area contributed by atoms with Crippen LogP contribution in [0.2, 0.25) is 0 Å². The summed E-state index contributed by atoms with van der Waals surface area (Å²) in [6.45, 7) is 6.86. The second kappa shape index (κ2) is 4.00. The highest BCUT2D eigenvalue weighted by Gasteiger charge is 2.32. The molecule has 12 heavy (non-hydrogen) atoms. The average molecular weight is 189 g/mol. The van der Waals surface area contributed by atoms with E-state index < -0.39 is 0 Å². The Morgan fingerprint density at radius 2 is 1.83 bits per heavy atom. The molecule has 1 fully saturated rings. The van der Waals surface area contributed by atoms with Crippen LogP contribution in [0.1, 0.15) is 52.9 Å². The molecule has 72 valence electrons. The monoisotopic (exact) mass is 188 g/mol. The van der Waals surface area contributed by atoms with Gasteiger partial charge in [-0.25, -0.2) is 0 Å². The quantitative estimate of drug-likeness (QED) is 0.582. The Labute approximate surface area is 81.7 Å². The van der Waals surface area contributed by atoms with Crippen molar-refractivity contribution in [2.75, 3.05) is 0 Å². The van der Waals surface area contributed by atoms with Gasteiger partial charge in [0.15, 0.2) is 0 Å². The third-order valence-electron chi connectivity index (χ3n) is 3.27. The van der Waals surface area contributed by atoms with E-state index in [1.165, 1.54) is 32.1 Å². The molecule has 1 aliphatic rings. The van der Waals surface area contributed by atoms with Crippen molar-refractivity contribution in [3.05, 3.63) is 0 Å². The molecule has 1 heteroatoms. The summed E-state index contributed by atoms with van der Waals surface area (Å²) in [6, 6.07) is 0. The van der Waals surface area contributed by atoms with E-state index in [1.807, 2.05) is 0 Å². The SMILES string of the molecule is CC(Cl)CC(C)(C)C1CCCC1. The van der Waals surface area contributed by atoms with E-state index in [1.54, 1.807) is 0 Å². The smallest absolute Gasteiger partial charge is 0.0313 e. The summed E-state index contributed by atoms with van der Waals surface area (Å²) < 4.78 is 0. The van der Waals surface area contributed by atoms with Gasteiger partial charge >= 0.3 is 0 Å². The third-order valence-corrected chi connectivity index (χ3v) is 3.42. The molecule has 1 unspecified atom stereocenters. The lowest BCUT2D eigenvalue weighted by atomic mass is 9.74. The normalized spacial score (nSPS) is 23.0. The molecule has 0 saturated heterocycles. The summed E-state index contributed by atoms with van der Waals surface area (Å²) in [5.41, 5.74) is 0.470. The van der Waals surface area contributed by atoms with Crippen LogP contribution in [0.25, 0.3) is 0 Å². The van der Waals surface area contributed by atoms with Crippen molar-refractivity contribution in [3.8, 4) is 0 Å². The average Bonchev–Trinajstić information content (AvgIpc) is 2.32. The molecule has 1 rings (SSSR count). The molecular weight excluding hydrogens is 168 g/mol. The van der Waals surface area contributed by atoms with Crippen molar-refractivity contribution in [1.82, 2.24) is 0 Å². The standard InChI is InChI=1S/C11H21Cl/c1-9(12)8-11(2,3)10-6-4-5-7-10/h9-10H,4-8H2,1-3H3. The summed E-state index contributed by atoms with van der Waals surface area (Å²) in [5.74, 6) is 0.929. The number of alkyl halides is 1. The molecular formula is C11H21Cl. The van der Waals surface area contributed by atoms with Gasteiger partial charge < -0.3 is 0 Å². The van der Waals surface area contributed by atoms with Crippen molar-refractivity contribution in [2.45, 2.75) is 58.3 Å². The van der Waals surface area contributed by atoms with Crippen LogP contribution in [0, 0.1) is 11.3 Å². The van der Waals surface area contributed by atoms with Gasteiger partial charge in [-0.3, -0.25) is 0 Å². The topological polar surface area (TPSA) is 0 Å². The Kier molecular flexibility index (Phi) is 3.46. The van der Waals surface area contributed by atoms with Gasteiger partial charge in [0, 0.05) is 5.38 Å². The molecule has 0 aromatic heterocycles. The molecule has 0 nitrogen and oxygen atoms in total. The Hall–Kier alpha value is 0.290. The molecule has 0 bridgehead atoms.